The lowest BCUT2D eigenvalue weighted by Crippen LogP contribution is -2.51. The van der Waals surface area contributed by atoms with Crippen molar-refractivity contribution < 1.29 is 14.3 Å². The van der Waals surface area contributed by atoms with Crippen LogP contribution in [0.4, 0.5) is 16.2 Å². The molecule has 102 valence electrons. The molecule has 2 rings (SSSR count). The van der Waals surface area contributed by atoms with Crippen LogP contribution in [0.25, 0.3) is 0 Å². The molecule has 1 aliphatic rings. The van der Waals surface area contributed by atoms with Crippen molar-refractivity contribution in [3.8, 4) is 0 Å². The maximum Gasteiger partial charge on any atom is 0.316 e. The van der Waals surface area contributed by atoms with Crippen molar-refractivity contribution in [2.75, 3.05) is 23.8 Å². The molecule has 7 nitrogen and oxygen atoms in total. The lowest BCUT2D eigenvalue weighted by Gasteiger charge is -2.20. The summed E-state index contributed by atoms with van der Waals surface area (Å²) in [5, 5.41) is 5.13. The number of nitrogens with one attached hydrogen (secondary N) is 2. The zero-order valence-electron chi connectivity index (χ0n) is 10.3. The topological polar surface area (TPSA) is 119 Å². The van der Waals surface area contributed by atoms with E-state index in [0.717, 1.165) is 0 Å². The molecule has 1 aliphatic heterocycles. The number of carbonyl (C=O) groups excluding carboxylic acids is 2. The lowest BCUT2D eigenvalue weighted by atomic mass is 9.99. The number of primary amides is 1. The fourth-order valence-electron chi connectivity index (χ4n) is 1.83. The summed E-state index contributed by atoms with van der Waals surface area (Å²) in [4.78, 5) is 22.8. The van der Waals surface area contributed by atoms with Gasteiger partial charge in [-0.15, -0.1) is 0 Å². The summed E-state index contributed by atoms with van der Waals surface area (Å²) in [6.45, 7) is 0.686. The van der Waals surface area contributed by atoms with Crippen molar-refractivity contribution in [3.05, 3.63) is 24.3 Å². The Bertz CT molecular complexity index is 498. The number of carbonyl (C=O) groups is 2. The van der Waals surface area contributed by atoms with Gasteiger partial charge in [0.1, 0.15) is 5.54 Å². The zero-order valence-corrected chi connectivity index (χ0v) is 10.3. The van der Waals surface area contributed by atoms with E-state index < -0.39 is 11.6 Å². The van der Waals surface area contributed by atoms with Crippen molar-refractivity contribution in [2.45, 2.75) is 12.0 Å². The number of nitrogens with two attached hydrogens (primary N) is 2. The van der Waals surface area contributed by atoms with Gasteiger partial charge in [0.15, 0.2) is 0 Å². The second-order valence-corrected chi connectivity index (χ2v) is 4.48. The summed E-state index contributed by atoms with van der Waals surface area (Å²) in [6, 6.07) is 5.99. The molecular formula is C12H16N4O3. The van der Waals surface area contributed by atoms with E-state index in [-0.39, 0.29) is 12.5 Å². The van der Waals surface area contributed by atoms with Gasteiger partial charge in [-0.1, -0.05) is 6.07 Å². The van der Waals surface area contributed by atoms with Crippen molar-refractivity contribution in [3.63, 3.8) is 0 Å². The quantitative estimate of drug-likeness (QED) is 0.624. The van der Waals surface area contributed by atoms with Gasteiger partial charge in [0.2, 0.25) is 5.91 Å². The van der Waals surface area contributed by atoms with E-state index in [1.165, 1.54) is 0 Å². The molecule has 1 saturated heterocycles. The number of amides is 3. The molecule has 1 aromatic carbocycles. The minimum Gasteiger partial charge on any atom is -0.379 e. The van der Waals surface area contributed by atoms with Crippen LogP contribution >= 0.6 is 0 Å². The van der Waals surface area contributed by atoms with Gasteiger partial charge in [0.25, 0.3) is 0 Å². The molecule has 0 saturated carbocycles. The molecule has 0 radical (unpaired) electrons. The third kappa shape index (κ3) is 3.21. The molecule has 1 heterocycles. The first-order valence-corrected chi connectivity index (χ1v) is 5.84. The molecule has 6 N–H and O–H groups in total. The first-order chi connectivity index (χ1) is 8.99. The van der Waals surface area contributed by atoms with Gasteiger partial charge in [-0.2, -0.15) is 0 Å². The zero-order chi connectivity index (χ0) is 13.9. The standard InChI is InChI=1S/C12H16N4O3/c13-11(18)16-9-3-1-2-8(6-9)15-10(17)12(14)4-5-19-7-12/h1-3,6H,4-5,7,14H2,(H,15,17)(H3,13,16,18). The number of rotatable bonds is 3. The predicted molar refractivity (Wildman–Crippen MR) is 70.6 cm³/mol. The van der Waals surface area contributed by atoms with E-state index in [1.807, 2.05) is 0 Å². The second-order valence-electron chi connectivity index (χ2n) is 4.48. The maximum atomic E-state index is 12.0. The Balaban J connectivity index is 2.06. The average molecular weight is 264 g/mol. The second kappa shape index (κ2) is 5.25. The van der Waals surface area contributed by atoms with E-state index in [9.17, 15) is 9.59 Å². The number of benzene rings is 1. The van der Waals surface area contributed by atoms with Gasteiger partial charge in [-0.25, -0.2) is 4.79 Å². The Morgan fingerprint density at radius 3 is 2.53 bits per heavy atom. The molecule has 1 aromatic rings. The first kappa shape index (κ1) is 13.3. The molecular weight excluding hydrogens is 248 g/mol. The van der Waals surface area contributed by atoms with Crippen LogP contribution in [-0.2, 0) is 9.53 Å². The molecule has 3 amide bonds. The number of anilines is 2. The largest absolute Gasteiger partial charge is 0.379 e. The van der Waals surface area contributed by atoms with Gasteiger partial charge in [0.05, 0.1) is 6.61 Å². The summed E-state index contributed by atoms with van der Waals surface area (Å²) >= 11 is 0. The van der Waals surface area contributed by atoms with E-state index in [4.69, 9.17) is 16.2 Å². The van der Waals surface area contributed by atoms with Crippen molar-refractivity contribution in [2.24, 2.45) is 11.5 Å². The number of hydrogen-bond donors (Lipinski definition) is 4. The van der Waals surface area contributed by atoms with Crippen LogP contribution < -0.4 is 22.1 Å². The molecule has 19 heavy (non-hydrogen) atoms. The van der Waals surface area contributed by atoms with Crippen LogP contribution in [0, 0.1) is 0 Å². The molecule has 1 unspecified atom stereocenters. The molecule has 1 atom stereocenters. The normalized spacial score (nSPS) is 21.9. The van der Waals surface area contributed by atoms with Crippen LogP contribution in [-0.4, -0.2) is 30.7 Å². The highest BCUT2D eigenvalue weighted by Crippen LogP contribution is 2.20. The lowest BCUT2D eigenvalue weighted by molar-refractivity contribution is -0.121. The summed E-state index contributed by atoms with van der Waals surface area (Å²) in [7, 11) is 0. The Kier molecular flexibility index (Phi) is 3.68. The molecule has 0 spiro atoms. The summed E-state index contributed by atoms with van der Waals surface area (Å²) in [5.41, 5.74) is 11.0. The minimum absolute atomic E-state index is 0.206. The number of ether oxygens (including phenoxy) is 1. The average Bonchev–Trinajstić information content (AvgIpc) is 2.77. The predicted octanol–water partition coefficient (Wildman–Crippen LogP) is 0.233. The third-order valence-corrected chi connectivity index (χ3v) is 2.89. The van der Waals surface area contributed by atoms with Crippen LogP contribution in [0.15, 0.2) is 24.3 Å². The smallest absolute Gasteiger partial charge is 0.316 e. The van der Waals surface area contributed by atoms with Gasteiger partial charge in [-0.3, -0.25) is 4.79 Å². The summed E-state index contributed by atoms with van der Waals surface area (Å²) < 4.78 is 5.14. The molecule has 0 aliphatic carbocycles. The SMILES string of the molecule is NC(=O)Nc1cccc(NC(=O)C2(N)CCOC2)c1. The summed E-state index contributed by atoms with van der Waals surface area (Å²) in [6.07, 6.45) is 0.484. The minimum atomic E-state index is -0.993. The highest BCUT2D eigenvalue weighted by Gasteiger charge is 2.38. The van der Waals surface area contributed by atoms with Crippen LogP contribution in [0.1, 0.15) is 6.42 Å². The van der Waals surface area contributed by atoms with Crippen molar-refractivity contribution in [1.29, 1.82) is 0 Å². The van der Waals surface area contributed by atoms with E-state index >= 15 is 0 Å². The molecule has 0 bridgehead atoms. The van der Waals surface area contributed by atoms with Crippen molar-refractivity contribution >= 4 is 23.3 Å². The fourth-order valence-corrected chi connectivity index (χ4v) is 1.83. The first-order valence-electron chi connectivity index (χ1n) is 5.84. The number of hydrogen-bond acceptors (Lipinski definition) is 4. The van der Waals surface area contributed by atoms with Gasteiger partial charge in [-0.05, 0) is 24.6 Å². The fraction of sp³-hybridized carbons (Fsp3) is 0.333. The Morgan fingerprint density at radius 2 is 1.95 bits per heavy atom. The van der Waals surface area contributed by atoms with Crippen LogP contribution in [0.3, 0.4) is 0 Å². The van der Waals surface area contributed by atoms with E-state index in [0.29, 0.717) is 24.4 Å². The Labute approximate surface area is 110 Å². The number of urea groups is 1. The molecule has 7 heteroatoms. The maximum absolute atomic E-state index is 12.0. The monoisotopic (exact) mass is 264 g/mol. The summed E-state index contributed by atoms with van der Waals surface area (Å²) in [5.74, 6) is -0.304. The van der Waals surface area contributed by atoms with Crippen LogP contribution in [0.2, 0.25) is 0 Å². The van der Waals surface area contributed by atoms with E-state index in [2.05, 4.69) is 10.6 Å². The van der Waals surface area contributed by atoms with E-state index in [1.54, 1.807) is 24.3 Å². The van der Waals surface area contributed by atoms with Crippen LogP contribution in [0.5, 0.6) is 0 Å². The van der Waals surface area contributed by atoms with Crippen molar-refractivity contribution in [1.82, 2.24) is 0 Å². The third-order valence-electron chi connectivity index (χ3n) is 2.89. The molecule has 1 fully saturated rings. The Morgan fingerprint density at radius 1 is 1.26 bits per heavy atom. The Hall–Kier alpha value is -2.12. The highest BCUT2D eigenvalue weighted by molar-refractivity contribution is 5.99. The highest BCUT2D eigenvalue weighted by atomic mass is 16.5. The van der Waals surface area contributed by atoms with Gasteiger partial charge in [0, 0.05) is 18.0 Å². The molecule has 0 aromatic heterocycles. The van der Waals surface area contributed by atoms with Gasteiger partial charge >= 0.3 is 6.03 Å². The van der Waals surface area contributed by atoms with Gasteiger partial charge < -0.3 is 26.8 Å².